The zero-order chi connectivity index (χ0) is 27.5. The van der Waals surface area contributed by atoms with Gasteiger partial charge in [-0.3, -0.25) is 24.4 Å². The van der Waals surface area contributed by atoms with Crippen LogP contribution in [0.25, 0.3) is 10.9 Å². The number of carbonyl (C=O) groups is 2. The largest absolute Gasteiger partial charge is 0.493 e. The number of hydrogen-bond acceptors (Lipinski definition) is 7. The predicted molar refractivity (Wildman–Crippen MR) is 152 cm³/mol. The highest BCUT2D eigenvalue weighted by atomic mass is 35.5. The molecule has 0 spiro atoms. The molecule has 9 nitrogen and oxygen atoms in total. The number of β-amino-alcohol motifs (C(OH)–C–C–N with tert-alkyl or cyclic N) is 1. The Morgan fingerprint density at radius 1 is 1.08 bits per heavy atom. The number of piperazine rings is 1. The zero-order valence-electron chi connectivity index (χ0n) is 21.8. The zero-order valence-corrected chi connectivity index (χ0v) is 23.3. The summed E-state index contributed by atoms with van der Waals surface area (Å²) in [4.78, 5) is 37.9. The number of halogens is 2. The second kappa shape index (κ2) is 12.1. The molecule has 2 aliphatic heterocycles. The summed E-state index contributed by atoms with van der Waals surface area (Å²) < 4.78 is 5.34. The molecule has 3 aromatic rings. The van der Waals surface area contributed by atoms with E-state index in [9.17, 15) is 14.7 Å². The first-order valence-electron chi connectivity index (χ1n) is 13.0. The molecule has 2 amide bonds. The molecule has 206 valence electrons. The van der Waals surface area contributed by atoms with E-state index >= 15 is 0 Å². The summed E-state index contributed by atoms with van der Waals surface area (Å²) in [5, 5.41) is 13.6. The molecule has 2 aliphatic rings. The highest BCUT2D eigenvalue weighted by Crippen LogP contribution is 2.36. The Labute approximate surface area is 237 Å². The third-order valence-corrected chi connectivity index (χ3v) is 7.77. The maximum Gasteiger partial charge on any atom is 0.255 e. The van der Waals surface area contributed by atoms with Crippen LogP contribution in [0.5, 0.6) is 5.75 Å². The van der Waals surface area contributed by atoms with E-state index in [4.69, 9.17) is 32.9 Å². The van der Waals surface area contributed by atoms with Crippen LogP contribution in [0.2, 0.25) is 10.0 Å². The monoisotopic (exact) mass is 571 g/mol. The molecule has 0 unspecified atom stereocenters. The predicted octanol–water partition coefficient (Wildman–Crippen LogP) is 3.30. The lowest BCUT2D eigenvalue weighted by atomic mass is 9.94. The third kappa shape index (κ3) is 5.97. The van der Waals surface area contributed by atoms with Crippen molar-refractivity contribution in [3.63, 3.8) is 0 Å². The van der Waals surface area contributed by atoms with Crippen molar-refractivity contribution in [2.45, 2.75) is 13.0 Å². The first kappa shape index (κ1) is 27.6. The Hall–Kier alpha value is -2.95. The van der Waals surface area contributed by atoms with Gasteiger partial charge in [-0.05, 0) is 18.2 Å². The molecule has 0 bridgehead atoms. The summed E-state index contributed by atoms with van der Waals surface area (Å²) in [6, 6.07) is 10.9. The lowest BCUT2D eigenvalue weighted by Gasteiger charge is -2.36. The number of aliphatic hydroxyl groups excluding tert-OH is 1. The van der Waals surface area contributed by atoms with Gasteiger partial charge in [0.25, 0.3) is 5.91 Å². The Kier molecular flexibility index (Phi) is 8.54. The number of nitrogens with one attached hydrogen (secondary N) is 1. The molecular formula is C28H31Cl2N5O4. The second-order valence-electron chi connectivity index (χ2n) is 9.76. The number of para-hydroxylation sites is 1. The van der Waals surface area contributed by atoms with Crippen molar-refractivity contribution in [1.29, 1.82) is 0 Å². The lowest BCUT2D eigenvalue weighted by Crippen LogP contribution is -2.49. The van der Waals surface area contributed by atoms with Crippen LogP contribution >= 0.6 is 23.2 Å². The molecule has 39 heavy (non-hydrogen) atoms. The average Bonchev–Trinajstić information content (AvgIpc) is 2.92. The Morgan fingerprint density at radius 3 is 2.59 bits per heavy atom. The first-order chi connectivity index (χ1) is 18.9. The van der Waals surface area contributed by atoms with Crippen molar-refractivity contribution in [3.8, 4) is 5.75 Å². The maximum absolute atomic E-state index is 13.9. The summed E-state index contributed by atoms with van der Waals surface area (Å²) in [7, 11) is 1.48. The number of rotatable bonds is 7. The first-order valence-corrected chi connectivity index (χ1v) is 13.7. The van der Waals surface area contributed by atoms with Crippen LogP contribution in [0.3, 0.4) is 0 Å². The van der Waals surface area contributed by atoms with Crippen LogP contribution in [0.4, 0.5) is 5.69 Å². The van der Waals surface area contributed by atoms with Gasteiger partial charge in [-0.2, -0.15) is 0 Å². The van der Waals surface area contributed by atoms with Crippen LogP contribution < -0.4 is 10.1 Å². The van der Waals surface area contributed by atoms with Crippen LogP contribution in [0.1, 0.15) is 21.6 Å². The minimum Gasteiger partial charge on any atom is -0.493 e. The van der Waals surface area contributed by atoms with Crippen molar-refractivity contribution in [2.75, 3.05) is 64.8 Å². The smallest absolute Gasteiger partial charge is 0.255 e. The molecule has 1 aromatic heterocycles. The fourth-order valence-corrected chi connectivity index (χ4v) is 5.92. The van der Waals surface area contributed by atoms with Crippen LogP contribution in [0.15, 0.2) is 36.4 Å². The summed E-state index contributed by atoms with van der Waals surface area (Å²) in [6.45, 7) is 4.54. The van der Waals surface area contributed by atoms with Gasteiger partial charge < -0.3 is 20.1 Å². The topological polar surface area (TPSA) is 98.2 Å². The van der Waals surface area contributed by atoms with Gasteiger partial charge in [0.15, 0.2) is 5.75 Å². The van der Waals surface area contributed by atoms with Crippen molar-refractivity contribution in [2.24, 2.45) is 0 Å². The molecule has 0 aliphatic carbocycles. The van der Waals surface area contributed by atoms with E-state index in [1.165, 1.54) is 7.11 Å². The maximum atomic E-state index is 13.9. The average molecular weight is 572 g/mol. The molecule has 5 rings (SSSR count). The second-order valence-corrected chi connectivity index (χ2v) is 10.6. The van der Waals surface area contributed by atoms with Crippen molar-refractivity contribution in [1.82, 2.24) is 19.7 Å². The van der Waals surface area contributed by atoms with E-state index in [0.717, 1.165) is 35.2 Å². The Morgan fingerprint density at radius 2 is 1.85 bits per heavy atom. The standard InChI is InChI=1S/C28H31Cl2N5O4/c1-39-27-21(30)14-18(29)15-24(27)32-25(37)17-34-7-6-23-20(16-34)26(19-4-2-3-5-22(19)31-23)28(38)35-10-8-33(9-11-35)12-13-36/h2-5,14-15,36H,6-13,16-17H2,1H3,(H,32,37). The molecular weight excluding hydrogens is 541 g/mol. The van der Waals surface area contributed by atoms with Gasteiger partial charge in [-0.15, -0.1) is 0 Å². The van der Waals surface area contributed by atoms with E-state index in [1.807, 2.05) is 34.1 Å². The van der Waals surface area contributed by atoms with Crippen LogP contribution in [0, 0.1) is 0 Å². The molecule has 3 heterocycles. The summed E-state index contributed by atoms with van der Waals surface area (Å²) in [5.74, 6) is 0.0934. The van der Waals surface area contributed by atoms with E-state index in [1.54, 1.807) is 12.1 Å². The van der Waals surface area contributed by atoms with Gasteiger partial charge in [-0.25, -0.2) is 0 Å². The van der Waals surface area contributed by atoms with Crippen molar-refractivity contribution in [3.05, 3.63) is 63.3 Å². The number of fused-ring (bicyclic) bond motifs is 2. The van der Waals surface area contributed by atoms with Crippen LogP contribution in [-0.2, 0) is 17.8 Å². The highest BCUT2D eigenvalue weighted by molar-refractivity contribution is 6.36. The third-order valence-electron chi connectivity index (χ3n) is 7.27. The normalized spacial score (nSPS) is 16.3. The SMILES string of the molecule is COc1c(Cl)cc(Cl)cc1NC(=O)CN1CCc2nc3ccccc3c(C(=O)N3CCN(CCO)CC3)c2C1. The minimum absolute atomic E-state index is 0.0156. The number of methoxy groups -OCH3 is 1. The van der Waals surface area contributed by atoms with Gasteiger partial charge in [0, 0.05) is 73.9 Å². The molecule has 2 aromatic carbocycles. The summed E-state index contributed by atoms with van der Waals surface area (Å²) in [6.07, 6.45) is 0.629. The van der Waals surface area contributed by atoms with Gasteiger partial charge in [0.1, 0.15) is 0 Å². The fourth-order valence-electron chi connectivity index (χ4n) is 5.35. The Balaban J connectivity index is 1.38. The van der Waals surface area contributed by atoms with Gasteiger partial charge in [-0.1, -0.05) is 41.4 Å². The number of carbonyl (C=O) groups excluding carboxylic acids is 2. The number of nitrogens with zero attached hydrogens (tertiary/aromatic N) is 4. The van der Waals surface area contributed by atoms with Gasteiger partial charge >= 0.3 is 0 Å². The van der Waals surface area contributed by atoms with Crippen LogP contribution in [-0.4, -0.2) is 96.1 Å². The van der Waals surface area contributed by atoms with Gasteiger partial charge in [0.2, 0.25) is 5.91 Å². The number of pyridine rings is 1. The van der Waals surface area contributed by atoms with E-state index < -0.39 is 0 Å². The molecule has 0 radical (unpaired) electrons. The molecule has 0 saturated carbocycles. The van der Waals surface area contributed by atoms with E-state index in [-0.39, 0.29) is 25.0 Å². The number of hydrogen-bond donors (Lipinski definition) is 2. The minimum atomic E-state index is -0.239. The summed E-state index contributed by atoms with van der Waals surface area (Å²) in [5.41, 5.74) is 3.64. The number of aromatic nitrogens is 1. The molecule has 1 fully saturated rings. The fraction of sp³-hybridized carbons (Fsp3) is 0.393. The molecule has 11 heteroatoms. The van der Waals surface area contributed by atoms with E-state index in [0.29, 0.717) is 66.2 Å². The number of aliphatic hydroxyl groups is 1. The van der Waals surface area contributed by atoms with Crippen molar-refractivity contribution < 1.29 is 19.4 Å². The molecule has 0 atom stereocenters. The number of amides is 2. The molecule has 2 N–H and O–H groups in total. The number of anilines is 1. The summed E-state index contributed by atoms with van der Waals surface area (Å²) >= 11 is 12.4. The van der Waals surface area contributed by atoms with E-state index in [2.05, 4.69) is 10.2 Å². The lowest BCUT2D eigenvalue weighted by molar-refractivity contribution is -0.117. The van der Waals surface area contributed by atoms with Crippen molar-refractivity contribution >= 4 is 51.6 Å². The quantitative estimate of drug-likeness (QED) is 0.449. The number of ether oxygens (including phenoxy) is 1. The number of benzene rings is 2. The molecule has 1 saturated heterocycles. The highest BCUT2D eigenvalue weighted by Gasteiger charge is 2.30. The van der Waals surface area contributed by atoms with Gasteiger partial charge in [0.05, 0.1) is 42.1 Å². The Bertz CT molecular complexity index is 1390.